The summed E-state index contributed by atoms with van der Waals surface area (Å²) in [4.78, 5) is 0. The van der Waals surface area contributed by atoms with Gasteiger partial charge in [0.05, 0.1) is 0 Å². The van der Waals surface area contributed by atoms with Gasteiger partial charge < -0.3 is 0 Å². The molecule has 0 radical (unpaired) electrons. The number of benzene rings is 5. The zero-order chi connectivity index (χ0) is 76.8. The van der Waals surface area contributed by atoms with Gasteiger partial charge in [0.2, 0.25) is 0 Å². The van der Waals surface area contributed by atoms with Gasteiger partial charge in [0, 0.05) is 14.3 Å². The molecule has 10 fully saturated rings. The van der Waals surface area contributed by atoms with Gasteiger partial charge in [0.1, 0.15) is 0 Å². The summed E-state index contributed by atoms with van der Waals surface area (Å²) in [6.07, 6.45) is 82.0. The van der Waals surface area contributed by atoms with Crippen molar-refractivity contribution in [2.24, 2.45) is 88.8 Å². The minimum Gasteiger partial charge on any atom is -0.0851 e. The number of allylic oxidation sites excluding steroid dienone is 10. The van der Waals surface area contributed by atoms with Gasteiger partial charge in [-0.05, 0) is 373 Å². The molecule has 10 aliphatic carbocycles. The topological polar surface area (TPSA) is 0 Å². The Morgan fingerprint density at radius 1 is 0.155 bits per heavy atom. The molecular formula is C110H180. The van der Waals surface area contributed by atoms with Gasteiger partial charge in [-0.3, -0.25) is 0 Å². The molecule has 0 bridgehead atoms. The first-order chi connectivity index (χ1) is 53.5. The van der Waals surface area contributed by atoms with Crippen molar-refractivity contribution in [2.75, 3.05) is 0 Å². The zero-order valence-electron chi connectivity index (χ0n) is 72.2. The molecule has 0 aromatic heterocycles. The van der Waals surface area contributed by atoms with Gasteiger partial charge in [-0.2, -0.15) is 0 Å². The summed E-state index contributed by atoms with van der Waals surface area (Å²) >= 11 is 0. The first-order valence-corrected chi connectivity index (χ1v) is 47.3. The second-order valence-corrected chi connectivity index (χ2v) is 39.6. The highest BCUT2D eigenvalue weighted by atomic mass is 14.3. The first kappa shape index (κ1) is 85.7. The summed E-state index contributed by atoms with van der Waals surface area (Å²) in [5.74, 6) is 17.5. The van der Waals surface area contributed by atoms with Gasteiger partial charge >= 0.3 is 0 Å². The van der Waals surface area contributed by atoms with E-state index < -0.39 is 0 Å². The van der Waals surface area contributed by atoms with Crippen molar-refractivity contribution in [1.29, 1.82) is 0 Å². The monoisotopic (exact) mass is 1500 g/mol. The zero-order valence-corrected chi connectivity index (χ0v) is 72.2. The van der Waals surface area contributed by atoms with Crippen LogP contribution in [0, 0.1) is 123 Å². The molecule has 0 spiro atoms. The lowest BCUT2D eigenvalue weighted by molar-refractivity contribution is 0.327. The van der Waals surface area contributed by atoms with Crippen LogP contribution < -0.4 is 0 Å². The SMILES string of the molecule is Cc1ccc(C2CCC(/C=C/C3CCC(C)CC3)CC2)cc1.Cc1ccc(C2CCC(/C=C/C3CCC(C)CC3)CC2)cc1.Cc1ccc(C2CCC(/C=C/C3CCC(C)CC3)CC2)cc1.Cc1ccc(C2CCC(/C=C/C3CCC(C)CC3)CC2)cc1.Cc1ccc(C2CCC(/C=C/C3CCC(C)CC3)CC2)cc1.[HH].[HH].[HH].[HH].[HH].[HH].[HH].[HH].[HH].[HH]. The predicted molar refractivity (Wildman–Crippen MR) is 502 cm³/mol. The minimum atomic E-state index is 0. The normalized spacial score (nSPS) is 33.2. The molecule has 0 atom stereocenters. The molecule has 5 aromatic rings. The van der Waals surface area contributed by atoms with Crippen LogP contribution in [0.3, 0.4) is 0 Å². The summed E-state index contributed by atoms with van der Waals surface area (Å²) < 4.78 is 0. The predicted octanol–water partition coefficient (Wildman–Crippen LogP) is 35.7. The molecule has 0 unspecified atom stereocenters. The Morgan fingerprint density at radius 2 is 0.255 bits per heavy atom. The van der Waals surface area contributed by atoms with Crippen LogP contribution >= 0.6 is 0 Å². The van der Waals surface area contributed by atoms with Crippen LogP contribution in [0.15, 0.2) is 182 Å². The van der Waals surface area contributed by atoms with Crippen molar-refractivity contribution < 1.29 is 14.3 Å². The highest BCUT2D eigenvalue weighted by Crippen LogP contribution is 2.44. The molecule has 0 N–H and O–H groups in total. The van der Waals surface area contributed by atoms with Gasteiger partial charge in [0.25, 0.3) is 0 Å². The summed E-state index contributed by atoms with van der Waals surface area (Å²) in [7, 11) is 0. The van der Waals surface area contributed by atoms with Crippen LogP contribution in [0.2, 0.25) is 0 Å². The third-order valence-electron chi connectivity index (χ3n) is 30.2. The summed E-state index contributed by atoms with van der Waals surface area (Å²) in [6, 6.07) is 46.2. The van der Waals surface area contributed by atoms with Crippen LogP contribution in [0.25, 0.3) is 0 Å². The Balaban J connectivity index is 0.000000735. The van der Waals surface area contributed by atoms with Crippen LogP contribution in [-0.2, 0) is 0 Å². The Bertz CT molecular complexity index is 2920. The van der Waals surface area contributed by atoms with Crippen molar-refractivity contribution in [2.45, 2.75) is 356 Å². The van der Waals surface area contributed by atoms with E-state index in [1.54, 1.807) is 27.8 Å². The maximum atomic E-state index is 2.58. The van der Waals surface area contributed by atoms with Crippen LogP contribution in [0.5, 0.6) is 0 Å². The fourth-order valence-corrected chi connectivity index (χ4v) is 21.4. The minimum absolute atomic E-state index is 0. The third kappa shape index (κ3) is 29.6. The largest absolute Gasteiger partial charge is 0.0851 e. The Morgan fingerprint density at radius 3 is 0.364 bits per heavy atom. The van der Waals surface area contributed by atoms with Crippen LogP contribution in [-0.4, -0.2) is 0 Å². The molecular weight excluding hydrogens is 1320 g/mol. The van der Waals surface area contributed by atoms with Crippen LogP contribution in [0.4, 0.5) is 0 Å². The molecule has 10 saturated carbocycles. The Hall–Kier alpha value is -5.20. The van der Waals surface area contributed by atoms with E-state index in [2.05, 4.69) is 251 Å². The summed E-state index contributed by atoms with van der Waals surface area (Å²) in [6.45, 7) is 22.9. The highest BCUT2D eigenvalue weighted by molar-refractivity contribution is 5.30. The molecule has 0 amide bonds. The molecule has 15 rings (SSSR count). The standard InChI is InChI=1S/5C22H32.10H2/c5*1-17-3-7-19(8-4-17)9-10-20-11-15-22(16-12-20)21-13-5-18(2)6-14-21;;;;;;;;;;/h5*5-6,9-10,13-14,17,19-20,22H,3-4,7-8,11-12,15-16H2,1-2H3;10*1H/b5*10-9+;;;;;;;;;;. The van der Waals surface area contributed by atoms with Crippen molar-refractivity contribution >= 4 is 0 Å². The van der Waals surface area contributed by atoms with Crippen molar-refractivity contribution in [3.8, 4) is 0 Å². The molecule has 0 aliphatic heterocycles. The molecule has 0 heterocycles. The molecule has 0 saturated heterocycles. The fourth-order valence-electron chi connectivity index (χ4n) is 21.4. The van der Waals surface area contributed by atoms with E-state index in [0.29, 0.717) is 0 Å². The molecule has 620 valence electrons. The average molecular weight is 1500 g/mol. The lowest BCUT2D eigenvalue weighted by Crippen LogP contribution is -2.13. The van der Waals surface area contributed by atoms with Gasteiger partial charge in [0.15, 0.2) is 0 Å². The Kier molecular flexibility index (Phi) is 35.7. The highest BCUT2D eigenvalue weighted by Gasteiger charge is 2.29. The number of rotatable bonds is 15. The third-order valence-corrected chi connectivity index (χ3v) is 30.2. The van der Waals surface area contributed by atoms with E-state index in [-0.39, 0.29) is 14.3 Å². The van der Waals surface area contributed by atoms with E-state index >= 15 is 0 Å². The van der Waals surface area contributed by atoms with E-state index in [9.17, 15) is 0 Å². The van der Waals surface area contributed by atoms with E-state index in [4.69, 9.17) is 0 Å². The number of hydrogen-bond donors (Lipinski definition) is 0. The van der Waals surface area contributed by atoms with Crippen molar-refractivity contribution in [1.82, 2.24) is 0 Å². The van der Waals surface area contributed by atoms with Crippen LogP contribution in [0.1, 0.15) is 391 Å². The molecule has 5 aromatic carbocycles. The fraction of sp³-hybridized carbons (Fsp3) is 0.636. The van der Waals surface area contributed by atoms with E-state index in [1.807, 2.05) is 0 Å². The number of aryl methyl sites for hydroxylation is 5. The second-order valence-electron chi connectivity index (χ2n) is 39.6. The molecule has 0 nitrogen and oxygen atoms in total. The van der Waals surface area contributed by atoms with Crippen molar-refractivity contribution in [3.05, 3.63) is 238 Å². The lowest BCUT2D eigenvalue weighted by Gasteiger charge is -2.28. The average Bonchev–Trinajstić information content (AvgIpc) is 0.870. The maximum Gasteiger partial charge on any atom is 0 e. The van der Waals surface area contributed by atoms with Gasteiger partial charge in [-0.25, -0.2) is 0 Å². The second kappa shape index (κ2) is 45.8. The van der Waals surface area contributed by atoms with Crippen molar-refractivity contribution in [3.63, 3.8) is 0 Å². The lowest BCUT2D eigenvalue weighted by atomic mass is 9.77. The van der Waals surface area contributed by atoms with Gasteiger partial charge in [-0.1, -0.05) is 309 Å². The maximum absolute atomic E-state index is 2.58. The summed E-state index contributed by atoms with van der Waals surface area (Å²) in [5, 5.41) is 0. The first-order valence-electron chi connectivity index (χ1n) is 47.3. The molecule has 0 heteroatoms. The van der Waals surface area contributed by atoms with E-state index in [1.165, 1.54) is 285 Å². The smallest absolute Gasteiger partial charge is 0 e. The number of hydrogen-bond acceptors (Lipinski definition) is 0. The molecule has 110 heavy (non-hydrogen) atoms. The summed E-state index contributed by atoms with van der Waals surface area (Å²) in [5.41, 5.74) is 14.7. The van der Waals surface area contributed by atoms with Gasteiger partial charge in [-0.15, -0.1) is 0 Å². The Labute approximate surface area is 692 Å². The van der Waals surface area contributed by atoms with E-state index in [0.717, 1.165) is 118 Å². The quantitative estimate of drug-likeness (QED) is 0.0917. The molecule has 10 aliphatic rings.